The van der Waals surface area contributed by atoms with Crippen molar-refractivity contribution in [3.05, 3.63) is 0 Å². The van der Waals surface area contributed by atoms with Gasteiger partial charge in [0.25, 0.3) is 0 Å². The van der Waals surface area contributed by atoms with E-state index in [0.717, 1.165) is 32.1 Å². The topological polar surface area (TPSA) is 91.0 Å². The molecule has 5 nitrogen and oxygen atoms in total. The van der Waals surface area contributed by atoms with Crippen LogP contribution in [0.25, 0.3) is 0 Å². The molecule has 0 saturated heterocycles. The Balaban J connectivity index is 2.52. The molecule has 0 aromatic carbocycles. The number of carbonyl (C=O) groups excluding carboxylic acids is 1. The van der Waals surface area contributed by atoms with E-state index in [2.05, 4.69) is 10.6 Å². The number of urea groups is 1. The van der Waals surface area contributed by atoms with E-state index in [9.17, 15) is 4.79 Å². The van der Waals surface area contributed by atoms with Crippen molar-refractivity contribution in [3.8, 4) is 0 Å². The third-order valence-electron chi connectivity index (χ3n) is 2.86. The standard InChI is InChI=1S/C10H20N4O/c1-2-7-13-9(15)14-10(8(11)12)5-3-4-6-10/h2-7H2,1H3,(H3,11,12)(H2,13,14,15). The van der Waals surface area contributed by atoms with Crippen LogP contribution in [0.15, 0.2) is 0 Å². The summed E-state index contributed by atoms with van der Waals surface area (Å²) in [6.45, 7) is 2.65. The predicted octanol–water partition coefficient (Wildman–Crippen LogP) is 0.944. The van der Waals surface area contributed by atoms with Gasteiger partial charge < -0.3 is 16.4 Å². The first kappa shape index (κ1) is 11.8. The summed E-state index contributed by atoms with van der Waals surface area (Å²) in [6, 6.07) is -0.214. The van der Waals surface area contributed by atoms with Crippen LogP contribution in [0.5, 0.6) is 0 Å². The van der Waals surface area contributed by atoms with E-state index in [1.165, 1.54) is 0 Å². The molecule has 5 N–H and O–H groups in total. The number of nitrogens with two attached hydrogens (primary N) is 1. The molecule has 0 radical (unpaired) electrons. The zero-order chi connectivity index (χ0) is 11.3. The second kappa shape index (κ2) is 5.00. The fraction of sp³-hybridized carbons (Fsp3) is 0.800. The molecule has 0 aromatic heterocycles. The van der Waals surface area contributed by atoms with Gasteiger partial charge in [0.15, 0.2) is 0 Å². The second-order valence-electron chi connectivity index (χ2n) is 4.08. The third-order valence-corrected chi connectivity index (χ3v) is 2.86. The molecule has 0 spiro atoms. The zero-order valence-electron chi connectivity index (χ0n) is 9.23. The van der Waals surface area contributed by atoms with E-state index >= 15 is 0 Å². The van der Waals surface area contributed by atoms with Gasteiger partial charge in [0, 0.05) is 6.54 Å². The van der Waals surface area contributed by atoms with Gasteiger partial charge in [-0.3, -0.25) is 5.41 Å². The maximum Gasteiger partial charge on any atom is 0.315 e. The van der Waals surface area contributed by atoms with E-state index in [-0.39, 0.29) is 11.9 Å². The first-order valence-electron chi connectivity index (χ1n) is 5.51. The second-order valence-corrected chi connectivity index (χ2v) is 4.08. The molecular formula is C10H20N4O. The molecule has 0 unspecified atom stereocenters. The summed E-state index contributed by atoms with van der Waals surface area (Å²) in [5, 5.41) is 13.1. The zero-order valence-corrected chi connectivity index (χ0v) is 9.23. The Kier molecular flexibility index (Phi) is 3.94. The smallest absolute Gasteiger partial charge is 0.315 e. The number of amides is 2. The highest BCUT2D eigenvalue weighted by Crippen LogP contribution is 2.29. The summed E-state index contributed by atoms with van der Waals surface area (Å²) in [6.07, 6.45) is 4.51. The van der Waals surface area contributed by atoms with Crippen LogP contribution in [0.1, 0.15) is 39.0 Å². The lowest BCUT2D eigenvalue weighted by Crippen LogP contribution is -2.57. The minimum atomic E-state index is -0.585. The van der Waals surface area contributed by atoms with E-state index in [4.69, 9.17) is 11.1 Å². The van der Waals surface area contributed by atoms with Crippen LogP contribution in [0, 0.1) is 5.41 Å². The molecule has 1 aliphatic rings. The fourth-order valence-corrected chi connectivity index (χ4v) is 1.94. The number of rotatable bonds is 4. The van der Waals surface area contributed by atoms with E-state index in [0.29, 0.717) is 6.54 Å². The quantitative estimate of drug-likeness (QED) is 0.412. The monoisotopic (exact) mass is 212 g/mol. The molecule has 1 aliphatic carbocycles. The highest BCUT2D eigenvalue weighted by Gasteiger charge is 2.38. The van der Waals surface area contributed by atoms with Crippen molar-refractivity contribution in [1.29, 1.82) is 5.41 Å². The lowest BCUT2D eigenvalue weighted by atomic mass is 9.96. The van der Waals surface area contributed by atoms with Crippen LogP contribution in [-0.2, 0) is 0 Å². The lowest BCUT2D eigenvalue weighted by molar-refractivity contribution is 0.233. The van der Waals surface area contributed by atoms with Crippen molar-refractivity contribution in [3.63, 3.8) is 0 Å². The molecule has 1 saturated carbocycles. The maximum absolute atomic E-state index is 11.5. The lowest BCUT2D eigenvalue weighted by Gasteiger charge is -2.28. The Labute approximate surface area is 90.3 Å². The van der Waals surface area contributed by atoms with Crippen molar-refractivity contribution in [1.82, 2.24) is 10.6 Å². The Morgan fingerprint density at radius 2 is 2.07 bits per heavy atom. The molecule has 1 fully saturated rings. The summed E-state index contributed by atoms with van der Waals surface area (Å²) >= 11 is 0. The number of hydrogen-bond acceptors (Lipinski definition) is 2. The summed E-state index contributed by atoms with van der Waals surface area (Å²) in [7, 11) is 0. The molecular weight excluding hydrogens is 192 g/mol. The summed E-state index contributed by atoms with van der Waals surface area (Å²) in [4.78, 5) is 11.5. The Bertz CT molecular complexity index is 246. The number of nitrogens with one attached hydrogen (secondary N) is 3. The van der Waals surface area contributed by atoms with Crippen molar-refractivity contribution in [2.75, 3.05) is 6.54 Å². The number of amidine groups is 1. The molecule has 15 heavy (non-hydrogen) atoms. The van der Waals surface area contributed by atoms with Crippen molar-refractivity contribution >= 4 is 11.9 Å². The fourth-order valence-electron chi connectivity index (χ4n) is 1.94. The molecule has 0 heterocycles. The molecule has 5 heteroatoms. The van der Waals surface area contributed by atoms with Gasteiger partial charge in [-0.2, -0.15) is 0 Å². The van der Waals surface area contributed by atoms with Crippen LogP contribution in [-0.4, -0.2) is 24.0 Å². The predicted molar refractivity (Wildman–Crippen MR) is 59.9 cm³/mol. The minimum Gasteiger partial charge on any atom is -0.386 e. The number of carbonyl (C=O) groups is 1. The van der Waals surface area contributed by atoms with Crippen LogP contribution >= 0.6 is 0 Å². The summed E-state index contributed by atoms with van der Waals surface area (Å²) in [5.41, 5.74) is 4.96. The first-order valence-corrected chi connectivity index (χ1v) is 5.51. The first-order chi connectivity index (χ1) is 7.10. The van der Waals surface area contributed by atoms with Crippen molar-refractivity contribution in [2.45, 2.75) is 44.6 Å². The molecule has 0 bridgehead atoms. The van der Waals surface area contributed by atoms with Crippen LogP contribution < -0.4 is 16.4 Å². The molecule has 1 rings (SSSR count). The normalized spacial score (nSPS) is 18.5. The van der Waals surface area contributed by atoms with Gasteiger partial charge in [0.2, 0.25) is 0 Å². The van der Waals surface area contributed by atoms with E-state index in [1.807, 2.05) is 6.92 Å². The third kappa shape index (κ3) is 2.84. The SMILES string of the molecule is CCCNC(=O)NC1(C(=N)N)CCCC1. The highest BCUT2D eigenvalue weighted by molar-refractivity contribution is 5.92. The molecule has 0 aliphatic heterocycles. The minimum absolute atomic E-state index is 0.0756. The van der Waals surface area contributed by atoms with Crippen LogP contribution in [0.2, 0.25) is 0 Å². The van der Waals surface area contributed by atoms with Gasteiger partial charge in [0.05, 0.1) is 5.54 Å². The molecule has 2 amide bonds. The van der Waals surface area contributed by atoms with Gasteiger partial charge >= 0.3 is 6.03 Å². The van der Waals surface area contributed by atoms with Gasteiger partial charge in [-0.15, -0.1) is 0 Å². The van der Waals surface area contributed by atoms with Gasteiger partial charge in [-0.25, -0.2) is 4.79 Å². The van der Waals surface area contributed by atoms with Gasteiger partial charge in [0.1, 0.15) is 5.84 Å². The van der Waals surface area contributed by atoms with Crippen LogP contribution in [0.3, 0.4) is 0 Å². The van der Waals surface area contributed by atoms with Gasteiger partial charge in [-0.05, 0) is 19.3 Å². The molecule has 86 valence electrons. The van der Waals surface area contributed by atoms with Crippen molar-refractivity contribution in [2.24, 2.45) is 5.73 Å². The molecule has 0 atom stereocenters. The average molecular weight is 212 g/mol. The Morgan fingerprint density at radius 1 is 1.47 bits per heavy atom. The van der Waals surface area contributed by atoms with Crippen LogP contribution in [0.4, 0.5) is 4.79 Å². The van der Waals surface area contributed by atoms with Crippen molar-refractivity contribution < 1.29 is 4.79 Å². The molecule has 0 aromatic rings. The Hall–Kier alpha value is -1.26. The highest BCUT2D eigenvalue weighted by atomic mass is 16.2. The van der Waals surface area contributed by atoms with E-state index < -0.39 is 5.54 Å². The average Bonchev–Trinajstić information content (AvgIpc) is 2.64. The summed E-state index contributed by atoms with van der Waals surface area (Å²) in [5.74, 6) is 0.0756. The largest absolute Gasteiger partial charge is 0.386 e. The van der Waals surface area contributed by atoms with Gasteiger partial charge in [-0.1, -0.05) is 19.8 Å². The Morgan fingerprint density at radius 3 is 2.53 bits per heavy atom. The summed E-state index contributed by atoms with van der Waals surface area (Å²) < 4.78 is 0. The number of hydrogen-bond donors (Lipinski definition) is 4. The van der Waals surface area contributed by atoms with E-state index in [1.54, 1.807) is 0 Å². The maximum atomic E-state index is 11.5.